The number of hydrogen-bond acceptors (Lipinski definition) is 1. The maximum atomic E-state index is 13.6. The van der Waals surface area contributed by atoms with Crippen molar-refractivity contribution in [3.8, 4) is 0 Å². The highest BCUT2D eigenvalue weighted by atomic mass is 19.1. The number of aliphatic carboxylic acids is 1. The summed E-state index contributed by atoms with van der Waals surface area (Å²) in [5, 5.41) is 8.78. The molecule has 0 radical (unpaired) electrons. The number of carbonyl (C=O) groups is 1. The summed E-state index contributed by atoms with van der Waals surface area (Å²) in [5.41, 5.74) is 0.909. The van der Waals surface area contributed by atoms with E-state index in [1.54, 1.807) is 30.3 Å². The summed E-state index contributed by atoms with van der Waals surface area (Å²) in [6.07, 6.45) is 3.31. The number of allylic oxidation sites excluding steroid dienone is 1. The van der Waals surface area contributed by atoms with Crippen molar-refractivity contribution in [3.05, 3.63) is 83.4 Å². The molecule has 4 heteroatoms. The molecule has 0 aromatic heterocycles. The van der Waals surface area contributed by atoms with Crippen molar-refractivity contribution >= 4 is 5.97 Å². The molecule has 2 nitrogen and oxygen atoms in total. The molecule has 3 rings (SSSR count). The number of halogens is 2. The average Bonchev–Trinajstić information content (AvgIpc) is 3.21. The van der Waals surface area contributed by atoms with E-state index in [4.69, 9.17) is 5.11 Å². The van der Waals surface area contributed by atoms with Crippen LogP contribution in [0.25, 0.3) is 0 Å². The van der Waals surface area contributed by atoms with E-state index in [1.807, 2.05) is 0 Å². The third kappa shape index (κ3) is 2.52. The first-order valence-electron chi connectivity index (χ1n) is 6.95. The van der Waals surface area contributed by atoms with Crippen LogP contribution in [0.1, 0.15) is 17.5 Å². The van der Waals surface area contributed by atoms with Crippen molar-refractivity contribution in [2.24, 2.45) is 5.92 Å². The summed E-state index contributed by atoms with van der Waals surface area (Å²) in [4.78, 5) is 10.7. The number of carboxylic acid groups (broad SMARTS) is 1. The Morgan fingerprint density at radius 3 is 2.09 bits per heavy atom. The first-order valence-corrected chi connectivity index (χ1v) is 6.95. The summed E-state index contributed by atoms with van der Waals surface area (Å²) >= 11 is 0. The lowest BCUT2D eigenvalue weighted by Crippen LogP contribution is -2.12. The van der Waals surface area contributed by atoms with Gasteiger partial charge in [-0.3, -0.25) is 0 Å². The minimum atomic E-state index is -1.03. The smallest absolute Gasteiger partial charge is 0.327 e. The topological polar surface area (TPSA) is 37.3 Å². The summed E-state index contributed by atoms with van der Waals surface area (Å²) in [6, 6.07) is 12.4. The Morgan fingerprint density at radius 1 is 1.09 bits per heavy atom. The monoisotopic (exact) mass is 300 g/mol. The molecule has 2 aromatic rings. The van der Waals surface area contributed by atoms with E-state index in [1.165, 1.54) is 24.3 Å². The van der Waals surface area contributed by atoms with Crippen molar-refractivity contribution < 1.29 is 18.7 Å². The molecule has 112 valence electrons. The van der Waals surface area contributed by atoms with Crippen molar-refractivity contribution in [3.63, 3.8) is 0 Å². The van der Waals surface area contributed by atoms with Gasteiger partial charge in [-0.2, -0.15) is 0 Å². The Balaban J connectivity index is 2.07. The molecule has 0 saturated heterocycles. The zero-order valence-corrected chi connectivity index (χ0v) is 11.7. The summed E-state index contributed by atoms with van der Waals surface area (Å²) in [6.45, 7) is 0. The standard InChI is InChI=1S/C18H14F2O2/c19-15-5-1-3-12(9-15)18(11-14(18)7-8-17(21)22)13-4-2-6-16(20)10-13/h1-10,14H,11H2,(H,21,22)/t14-/m0/s1. The molecule has 0 aliphatic heterocycles. The Kier molecular flexibility index (Phi) is 3.53. The van der Waals surface area contributed by atoms with Crippen LogP contribution in [0.2, 0.25) is 0 Å². The van der Waals surface area contributed by atoms with Crippen LogP contribution in [0.3, 0.4) is 0 Å². The predicted octanol–water partition coefficient (Wildman–Crippen LogP) is 3.91. The van der Waals surface area contributed by atoms with Gasteiger partial charge in [0.25, 0.3) is 0 Å². The van der Waals surface area contributed by atoms with Crippen LogP contribution < -0.4 is 0 Å². The first-order chi connectivity index (χ1) is 10.5. The molecule has 0 amide bonds. The number of rotatable bonds is 4. The number of hydrogen-bond donors (Lipinski definition) is 1. The highest BCUT2D eigenvalue weighted by Gasteiger charge is 2.55. The zero-order chi connectivity index (χ0) is 15.7. The van der Waals surface area contributed by atoms with E-state index in [9.17, 15) is 13.6 Å². The summed E-state index contributed by atoms with van der Waals surface area (Å²) < 4.78 is 27.2. The fourth-order valence-electron chi connectivity index (χ4n) is 3.08. The molecule has 1 aliphatic rings. The molecular formula is C18H14F2O2. The first kappa shape index (κ1) is 14.4. The van der Waals surface area contributed by atoms with E-state index in [0.717, 1.165) is 17.2 Å². The normalized spacial score (nSPS) is 19.3. The molecule has 0 unspecified atom stereocenters. The maximum absolute atomic E-state index is 13.6. The lowest BCUT2D eigenvalue weighted by Gasteiger charge is -2.18. The van der Waals surface area contributed by atoms with Gasteiger partial charge in [0, 0.05) is 11.5 Å². The van der Waals surface area contributed by atoms with E-state index in [0.29, 0.717) is 6.42 Å². The summed E-state index contributed by atoms with van der Waals surface area (Å²) in [5.74, 6) is -1.84. The van der Waals surface area contributed by atoms with Gasteiger partial charge < -0.3 is 5.11 Å². The maximum Gasteiger partial charge on any atom is 0.327 e. The van der Waals surface area contributed by atoms with Crippen LogP contribution >= 0.6 is 0 Å². The van der Waals surface area contributed by atoms with Crippen LogP contribution in [0.4, 0.5) is 8.78 Å². The molecule has 1 fully saturated rings. The molecule has 1 saturated carbocycles. The summed E-state index contributed by atoms with van der Waals surface area (Å²) in [7, 11) is 0. The van der Waals surface area contributed by atoms with Crippen molar-refractivity contribution in [2.45, 2.75) is 11.8 Å². The molecule has 0 spiro atoms. The minimum Gasteiger partial charge on any atom is -0.478 e. The third-order valence-corrected chi connectivity index (χ3v) is 4.17. The van der Waals surface area contributed by atoms with Crippen LogP contribution in [0.5, 0.6) is 0 Å². The lowest BCUT2D eigenvalue weighted by atomic mass is 9.85. The highest BCUT2D eigenvalue weighted by molar-refractivity contribution is 5.80. The molecule has 22 heavy (non-hydrogen) atoms. The van der Waals surface area contributed by atoms with E-state index in [-0.39, 0.29) is 17.6 Å². The fraction of sp³-hybridized carbons (Fsp3) is 0.167. The van der Waals surface area contributed by atoms with Gasteiger partial charge in [0.2, 0.25) is 0 Å². The largest absolute Gasteiger partial charge is 0.478 e. The second-order valence-corrected chi connectivity index (χ2v) is 5.50. The number of carboxylic acids is 1. The van der Waals surface area contributed by atoms with E-state index in [2.05, 4.69) is 0 Å². The van der Waals surface area contributed by atoms with Gasteiger partial charge in [0.1, 0.15) is 11.6 Å². The Labute approximate surface area is 126 Å². The Bertz CT molecular complexity index is 707. The van der Waals surface area contributed by atoms with Crippen LogP contribution in [0, 0.1) is 17.6 Å². The quantitative estimate of drug-likeness (QED) is 0.869. The van der Waals surface area contributed by atoms with Gasteiger partial charge in [-0.15, -0.1) is 0 Å². The molecule has 0 heterocycles. The molecule has 2 aromatic carbocycles. The van der Waals surface area contributed by atoms with Gasteiger partial charge >= 0.3 is 5.97 Å². The van der Waals surface area contributed by atoms with Gasteiger partial charge in [-0.1, -0.05) is 30.3 Å². The van der Waals surface area contributed by atoms with Gasteiger partial charge in [0.15, 0.2) is 0 Å². The Hall–Kier alpha value is -2.49. The van der Waals surface area contributed by atoms with Crippen LogP contribution in [-0.2, 0) is 10.2 Å². The molecule has 1 atom stereocenters. The number of benzene rings is 2. The predicted molar refractivity (Wildman–Crippen MR) is 78.5 cm³/mol. The second-order valence-electron chi connectivity index (χ2n) is 5.50. The molecular weight excluding hydrogens is 286 g/mol. The molecule has 0 bridgehead atoms. The molecule has 1 aliphatic carbocycles. The minimum absolute atomic E-state index is 0.0906. The lowest BCUT2D eigenvalue weighted by molar-refractivity contribution is -0.131. The highest BCUT2D eigenvalue weighted by Crippen LogP contribution is 2.59. The van der Waals surface area contributed by atoms with Gasteiger partial charge in [0.05, 0.1) is 0 Å². The van der Waals surface area contributed by atoms with E-state index < -0.39 is 11.4 Å². The Morgan fingerprint density at radius 2 is 1.64 bits per heavy atom. The van der Waals surface area contributed by atoms with Crippen LogP contribution in [-0.4, -0.2) is 11.1 Å². The third-order valence-electron chi connectivity index (χ3n) is 4.17. The SMILES string of the molecule is O=C(O)C=C[C@H]1CC1(c1cccc(F)c1)c1cccc(F)c1. The van der Waals surface area contributed by atoms with Gasteiger partial charge in [-0.25, -0.2) is 13.6 Å². The van der Waals surface area contributed by atoms with Gasteiger partial charge in [-0.05, 0) is 47.7 Å². The van der Waals surface area contributed by atoms with Crippen molar-refractivity contribution in [1.82, 2.24) is 0 Å². The van der Waals surface area contributed by atoms with Crippen molar-refractivity contribution in [2.75, 3.05) is 0 Å². The van der Waals surface area contributed by atoms with Crippen molar-refractivity contribution in [1.29, 1.82) is 0 Å². The van der Waals surface area contributed by atoms with E-state index >= 15 is 0 Å². The fourth-order valence-corrected chi connectivity index (χ4v) is 3.08. The average molecular weight is 300 g/mol. The zero-order valence-electron chi connectivity index (χ0n) is 11.7. The second kappa shape index (κ2) is 5.37. The van der Waals surface area contributed by atoms with Crippen LogP contribution in [0.15, 0.2) is 60.7 Å². The molecule has 1 N–H and O–H groups in total.